The fourth-order valence-corrected chi connectivity index (χ4v) is 4.58. The van der Waals surface area contributed by atoms with Crippen LogP contribution in [0.4, 0.5) is 0 Å². The lowest BCUT2D eigenvalue weighted by Gasteiger charge is -2.07. The minimum absolute atomic E-state index is 0.0236. The Labute approximate surface area is 155 Å². The lowest BCUT2D eigenvalue weighted by atomic mass is 10.2. The monoisotopic (exact) mass is 475 g/mol. The van der Waals surface area contributed by atoms with Crippen molar-refractivity contribution in [3.05, 3.63) is 60.8 Å². The zero-order chi connectivity index (χ0) is 17.2. The Morgan fingerprint density at radius 3 is 2.52 bits per heavy atom. The van der Waals surface area contributed by atoms with E-state index >= 15 is 0 Å². The van der Waals surface area contributed by atoms with Gasteiger partial charge in [-0.15, -0.1) is 0 Å². The molecular weight excluding hydrogens is 469 g/mol. The molecular formula is C15H8Br2ClNO3S. The molecule has 0 aliphatic heterocycles. The maximum atomic E-state index is 12.7. The maximum Gasteiger partial charge on any atom is 0.217 e. The van der Waals surface area contributed by atoms with Gasteiger partial charge in [0.25, 0.3) is 0 Å². The summed E-state index contributed by atoms with van der Waals surface area (Å²) in [4.78, 5) is -0.456. The molecule has 23 heavy (non-hydrogen) atoms. The van der Waals surface area contributed by atoms with Gasteiger partial charge in [0, 0.05) is 8.95 Å². The van der Waals surface area contributed by atoms with Crippen LogP contribution < -0.4 is 0 Å². The van der Waals surface area contributed by atoms with E-state index < -0.39 is 14.7 Å². The number of sulfone groups is 1. The van der Waals surface area contributed by atoms with Crippen molar-refractivity contribution in [3.63, 3.8) is 0 Å². The Morgan fingerprint density at radius 2 is 1.91 bits per heavy atom. The smallest absolute Gasteiger partial charge is 0.217 e. The fraction of sp³-hybridized carbons (Fsp3) is 0. The van der Waals surface area contributed by atoms with Gasteiger partial charge in [0.2, 0.25) is 9.84 Å². The van der Waals surface area contributed by atoms with E-state index in [9.17, 15) is 18.8 Å². The third-order valence-corrected chi connectivity index (χ3v) is 6.31. The molecule has 0 amide bonds. The molecule has 4 nitrogen and oxygen atoms in total. The number of hydrogen-bond acceptors (Lipinski definition) is 4. The lowest BCUT2D eigenvalue weighted by molar-refractivity contribution is 0.475. The van der Waals surface area contributed by atoms with E-state index in [0.717, 1.165) is 0 Å². The number of allylic oxidation sites excluding steroid dienone is 1. The molecule has 0 radical (unpaired) electrons. The molecule has 0 fully saturated rings. The standard InChI is InChI=1S/C15H8Br2ClNO3S/c16-10-2-3-12(17)15(7-10)23(21,22)11(8-19)5-9-1-4-14(20)13(18)6-9/h1-7,20H. The highest BCUT2D eigenvalue weighted by Crippen LogP contribution is 2.31. The molecule has 0 aliphatic rings. The molecule has 1 N–H and O–H groups in total. The Kier molecular flexibility index (Phi) is 5.53. The first-order valence-corrected chi connectivity index (χ1v) is 9.51. The molecule has 2 aromatic rings. The van der Waals surface area contributed by atoms with Crippen LogP contribution in [0.1, 0.15) is 5.56 Å². The molecule has 0 heterocycles. The molecule has 0 bridgehead atoms. The molecule has 0 saturated carbocycles. The molecule has 118 valence electrons. The van der Waals surface area contributed by atoms with Gasteiger partial charge in [-0.05, 0) is 57.9 Å². The van der Waals surface area contributed by atoms with Crippen LogP contribution in [0.3, 0.4) is 0 Å². The van der Waals surface area contributed by atoms with Crippen LogP contribution in [-0.2, 0) is 9.84 Å². The number of nitrogens with zero attached hydrogens (tertiary/aromatic N) is 1. The van der Waals surface area contributed by atoms with Crippen molar-refractivity contribution in [1.29, 1.82) is 5.26 Å². The van der Waals surface area contributed by atoms with Crippen molar-refractivity contribution in [1.82, 2.24) is 0 Å². The molecule has 0 unspecified atom stereocenters. The van der Waals surface area contributed by atoms with Crippen molar-refractivity contribution >= 4 is 59.4 Å². The van der Waals surface area contributed by atoms with Crippen LogP contribution in [0.15, 0.2) is 55.1 Å². The summed E-state index contributed by atoms with van der Waals surface area (Å²) in [5.41, 5.74) is 0.388. The zero-order valence-corrected chi connectivity index (χ0v) is 16.0. The molecule has 2 rings (SSSR count). The number of rotatable bonds is 3. The second kappa shape index (κ2) is 7.05. The summed E-state index contributed by atoms with van der Waals surface area (Å²) in [6.45, 7) is 0. The molecule has 2 aromatic carbocycles. The van der Waals surface area contributed by atoms with E-state index in [1.807, 2.05) is 0 Å². The van der Waals surface area contributed by atoms with Crippen LogP contribution in [0, 0.1) is 11.3 Å². The summed E-state index contributed by atoms with van der Waals surface area (Å²) in [5, 5.41) is 18.7. The van der Waals surface area contributed by atoms with Crippen LogP contribution in [0.5, 0.6) is 5.75 Å². The number of phenolic OH excluding ortho intramolecular Hbond substituents is 1. The first-order chi connectivity index (χ1) is 10.8. The van der Waals surface area contributed by atoms with E-state index in [1.165, 1.54) is 30.3 Å². The normalized spacial score (nSPS) is 12.0. The van der Waals surface area contributed by atoms with Gasteiger partial charge in [0.05, 0.1) is 9.92 Å². The van der Waals surface area contributed by atoms with Crippen molar-refractivity contribution in [3.8, 4) is 11.8 Å². The zero-order valence-electron chi connectivity index (χ0n) is 11.3. The first kappa shape index (κ1) is 18.0. The molecule has 0 aromatic heterocycles. The van der Waals surface area contributed by atoms with Crippen LogP contribution in [0.2, 0.25) is 5.02 Å². The fourth-order valence-electron chi connectivity index (χ4n) is 1.74. The SMILES string of the molecule is N#CC(=Cc1ccc(O)c(Cl)c1)S(=O)(=O)c1cc(Br)ccc1Br. The van der Waals surface area contributed by atoms with Gasteiger partial charge in [-0.2, -0.15) is 5.26 Å². The average Bonchev–Trinajstić information content (AvgIpc) is 2.50. The van der Waals surface area contributed by atoms with E-state index in [-0.39, 0.29) is 15.7 Å². The summed E-state index contributed by atoms with van der Waals surface area (Å²) in [6, 6.07) is 10.5. The third kappa shape index (κ3) is 3.96. The molecule has 0 aliphatic carbocycles. The summed E-state index contributed by atoms with van der Waals surface area (Å²) < 4.78 is 26.3. The van der Waals surface area contributed by atoms with Gasteiger partial charge in [-0.25, -0.2) is 8.42 Å². The van der Waals surface area contributed by atoms with Gasteiger partial charge >= 0.3 is 0 Å². The first-order valence-electron chi connectivity index (χ1n) is 6.06. The van der Waals surface area contributed by atoms with Crippen molar-refractivity contribution in [2.45, 2.75) is 4.90 Å². The third-order valence-electron chi connectivity index (χ3n) is 2.85. The predicted molar refractivity (Wildman–Crippen MR) is 95.7 cm³/mol. The number of aromatic hydroxyl groups is 1. The van der Waals surface area contributed by atoms with Gasteiger partial charge < -0.3 is 5.11 Å². The Balaban J connectivity index is 2.59. The van der Waals surface area contributed by atoms with Crippen LogP contribution in [-0.4, -0.2) is 13.5 Å². The molecule has 0 atom stereocenters. The van der Waals surface area contributed by atoms with E-state index in [4.69, 9.17) is 11.6 Å². The summed E-state index contributed by atoms with van der Waals surface area (Å²) >= 11 is 12.2. The van der Waals surface area contributed by atoms with Gasteiger partial charge in [0.1, 0.15) is 16.7 Å². The number of benzene rings is 2. The largest absolute Gasteiger partial charge is 0.506 e. The van der Waals surface area contributed by atoms with Gasteiger partial charge in [-0.3, -0.25) is 0 Å². The van der Waals surface area contributed by atoms with E-state index in [1.54, 1.807) is 18.2 Å². The quantitative estimate of drug-likeness (QED) is 0.638. The van der Waals surface area contributed by atoms with Crippen molar-refractivity contribution < 1.29 is 13.5 Å². The molecule has 0 saturated heterocycles. The second-order valence-corrected chi connectivity index (χ2v) is 8.47. The lowest BCUT2D eigenvalue weighted by Crippen LogP contribution is -2.04. The van der Waals surface area contributed by atoms with E-state index in [0.29, 0.717) is 14.5 Å². The summed E-state index contributed by atoms with van der Waals surface area (Å²) in [7, 11) is -4.01. The highest BCUT2D eigenvalue weighted by molar-refractivity contribution is 9.11. The number of phenols is 1. The summed E-state index contributed by atoms with van der Waals surface area (Å²) in [5.74, 6) is -0.125. The predicted octanol–water partition coefficient (Wildman–Crippen LogP) is 4.91. The van der Waals surface area contributed by atoms with Crippen molar-refractivity contribution in [2.24, 2.45) is 0 Å². The minimum atomic E-state index is -4.01. The summed E-state index contributed by atoms with van der Waals surface area (Å²) in [6.07, 6.45) is 1.20. The van der Waals surface area contributed by atoms with E-state index in [2.05, 4.69) is 31.9 Å². The van der Waals surface area contributed by atoms with Crippen molar-refractivity contribution in [2.75, 3.05) is 0 Å². The van der Waals surface area contributed by atoms with Gasteiger partial charge in [0.15, 0.2) is 0 Å². The number of hydrogen-bond donors (Lipinski definition) is 1. The Hall–Kier alpha value is -1.33. The highest BCUT2D eigenvalue weighted by Gasteiger charge is 2.24. The number of halogens is 3. The van der Waals surface area contributed by atoms with Crippen LogP contribution >= 0.6 is 43.5 Å². The highest BCUT2D eigenvalue weighted by atomic mass is 79.9. The Morgan fingerprint density at radius 1 is 1.22 bits per heavy atom. The minimum Gasteiger partial charge on any atom is -0.506 e. The number of nitriles is 1. The Bertz CT molecular complexity index is 950. The second-order valence-electron chi connectivity index (χ2n) is 4.41. The average molecular weight is 478 g/mol. The van der Waals surface area contributed by atoms with Crippen LogP contribution in [0.25, 0.3) is 6.08 Å². The molecule has 0 spiro atoms. The maximum absolute atomic E-state index is 12.7. The topological polar surface area (TPSA) is 78.2 Å². The molecule has 8 heteroatoms. The van der Waals surface area contributed by atoms with Gasteiger partial charge in [-0.1, -0.05) is 33.6 Å².